The van der Waals surface area contributed by atoms with Crippen LogP contribution in [0.25, 0.3) is 0 Å². The topological polar surface area (TPSA) is 17.8 Å². The largest absolute Gasteiger partial charge is 0.335 e. The third kappa shape index (κ3) is 8.36. The van der Waals surface area contributed by atoms with Gasteiger partial charge < -0.3 is 4.57 Å². The standard InChI is InChI=1S/C34H50N2/c1-4-6-8-9-10-11-12-13-20-25-32(33-35-26-28-36(33)27-7-5-2)34(3,31-23-18-15-19-24-31)29-30-21-16-14-17-22-30/h14-19,21-24,26,28,32H,4-13,20,25,27,29H2,1-3H3. The molecule has 0 amide bonds. The molecule has 0 aliphatic rings. The molecule has 2 aromatic carbocycles. The van der Waals surface area contributed by atoms with Gasteiger partial charge in [0.2, 0.25) is 0 Å². The molecular weight excluding hydrogens is 436 g/mol. The number of nitrogens with zero attached hydrogens (tertiary/aromatic N) is 2. The Morgan fingerprint density at radius 3 is 1.94 bits per heavy atom. The van der Waals surface area contributed by atoms with Gasteiger partial charge in [0.25, 0.3) is 0 Å². The van der Waals surface area contributed by atoms with E-state index in [1.807, 2.05) is 6.20 Å². The van der Waals surface area contributed by atoms with Crippen LogP contribution in [-0.4, -0.2) is 9.55 Å². The van der Waals surface area contributed by atoms with Crippen LogP contribution in [-0.2, 0) is 18.4 Å². The fourth-order valence-electron chi connectivity index (χ4n) is 5.81. The zero-order chi connectivity index (χ0) is 25.5. The molecule has 0 radical (unpaired) electrons. The molecule has 3 rings (SSSR count). The van der Waals surface area contributed by atoms with Crippen LogP contribution < -0.4 is 0 Å². The van der Waals surface area contributed by atoms with Gasteiger partial charge in [0.15, 0.2) is 0 Å². The molecule has 2 nitrogen and oxygen atoms in total. The molecule has 36 heavy (non-hydrogen) atoms. The normalized spacial score (nSPS) is 14.0. The minimum absolute atomic E-state index is 0.0158. The third-order valence-corrected chi connectivity index (χ3v) is 8.02. The van der Waals surface area contributed by atoms with Gasteiger partial charge in [-0.05, 0) is 30.4 Å². The number of hydrogen-bond donors (Lipinski definition) is 0. The second-order valence-corrected chi connectivity index (χ2v) is 10.9. The monoisotopic (exact) mass is 486 g/mol. The Balaban J connectivity index is 1.81. The summed E-state index contributed by atoms with van der Waals surface area (Å²) in [4.78, 5) is 5.02. The van der Waals surface area contributed by atoms with Gasteiger partial charge in [0, 0.05) is 30.3 Å². The first-order valence-electron chi connectivity index (χ1n) is 14.8. The van der Waals surface area contributed by atoms with E-state index in [4.69, 9.17) is 4.98 Å². The van der Waals surface area contributed by atoms with Crippen LogP contribution in [0.1, 0.15) is 121 Å². The van der Waals surface area contributed by atoms with Crippen LogP contribution >= 0.6 is 0 Å². The second kappa shape index (κ2) is 15.7. The first-order valence-corrected chi connectivity index (χ1v) is 14.8. The van der Waals surface area contributed by atoms with E-state index in [1.54, 1.807) is 0 Å². The molecule has 1 aromatic heterocycles. The average Bonchev–Trinajstić information content (AvgIpc) is 3.37. The molecule has 3 aromatic rings. The van der Waals surface area contributed by atoms with E-state index in [0.29, 0.717) is 5.92 Å². The second-order valence-electron chi connectivity index (χ2n) is 10.9. The van der Waals surface area contributed by atoms with E-state index in [9.17, 15) is 0 Å². The lowest BCUT2D eigenvalue weighted by Crippen LogP contribution is -2.35. The van der Waals surface area contributed by atoms with E-state index in [0.717, 1.165) is 13.0 Å². The smallest absolute Gasteiger partial charge is 0.112 e. The molecule has 0 N–H and O–H groups in total. The van der Waals surface area contributed by atoms with Crippen molar-refractivity contribution in [1.82, 2.24) is 9.55 Å². The highest BCUT2D eigenvalue weighted by Gasteiger charge is 2.39. The highest BCUT2D eigenvalue weighted by Crippen LogP contribution is 2.44. The molecule has 0 saturated carbocycles. The molecule has 0 aliphatic carbocycles. The first-order chi connectivity index (χ1) is 17.7. The molecule has 196 valence electrons. The maximum atomic E-state index is 5.02. The molecular formula is C34H50N2. The molecule has 0 aliphatic heterocycles. The summed E-state index contributed by atoms with van der Waals surface area (Å²) in [6, 6.07) is 22.3. The third-order valence-electron chi connectivity index (χ3n) is 8.02. The van der Waals surface area contributed by atoms with E-state index in [2.05, 4.69) is 92.2 Å². The minimum Gasteiger partial charge on any atom is -0.335 e. The summed E-state index contributed by atoms with van der Waals surface area (Å²) in [5, 5.41) is 0. The van der Waals surface area contributed by atoms with Crippen molar-refractivity contribution in [3.8, 4) is 0 Å². The molecule has 0 fully saturated rings. The van der Waals surface area contributed by atoms with E-state index >= 15 is 0 Å². The van der Waals surface area contributed by atoms with E-state index in [-0.39, 0.29) is 5.41 Å². The Morgan fingerprint density at radius 1 is 0.722 bits per heavy atom. The lowest BCUT2D eigenvalue weighted by Gasteiger charge is -2.39. The SMILES string of the molecule is CCCCCCCCCCCC(c1nccn1CCCC)C(C)(Cc1ccccc1)c1ccccc1. The maximum Gasteiger partial charge on any atom is 0.112 e. The summed E-state index contributed by atoms with van der Waals surface area (Å²) in [6.45, 7) is 8.13. The summed E-state index contributed by atoms with van der Waals surface area (Å²) in [6.07, 6.45) is 21.2. The van der Waals surface area contributed by atoms with Crippen LogP contribution in [0.5, 0.6) is 0 Å². The number of imidazole rings is 1. The fraction of sp³-hybridized carbons (Fsp3) is 0.559. The minimum atomic E-state index is -0.0158. The number of aromatic nitrogens is 2. The van der Waals surface area contributed by atoms with Gasteiger partial charge in [0.05, 0.1) is 0 Å². The quantitative estimate of drug-likeness (QED) is 0.164. The van der Waals surface area contributed by atoms with Crippen molar-refractivity contribution in [3.05, 3.63) is 90.0 Å². The molecule has 1 heterocycles. The Labute approximate surface area is 221 Å². The number of benzene rings is 2. The van der Waals surface area contributed by atoms with Gasteiger partial charge in [-0.1, -0.05) is 146 Å². The Morgan fingerprint density at radius 2 is 1.31 bits per heavy atom. The molecule has 0 spiro atoms. The van der Waals surface area contributed by atoms with E-state index in [1.165, 1.54) is 94.0 Å². The van der Waals surface area contributed by atoms with Gasteiger partial charge in [-0.2, -0.15) is 0 Å². The van der Waals surface area contributed by atoms with Crippen molar-refractivity contribution in [2.45, 2.75) is 122 Å². The summed E-state index contributed by atoms with van der Waals surface area (Å²) in [7, 11) is 0. The van der Waals surface area contributed by atoms with Crippen molar-refractivity contribution in [2.75, 3.05) is 0 Å². The Kier molecular flexibility index (Phi) is 12.3. The first kappa shape index (κ1) is 28.2. The summed E-state index contributed by atoms with van der Waals surface area (Å²) < 4.78 is 2.45. The molecule has 2 unspecified atom stereocenters. The maximum absolute atomic E-state index is 5.02. The summed E-state index contributed by atoms with van der Waals surface area (Å²) in [5.41, 5.74) is 2.82. The van der Waals surface area contributed by atoms with Crippen molar-refractivity contribution in [2.24, 2.45) is 0 Å². The molecule has 0 saturated heterocycles. The van der Waals surface area contributed by atoms with Crippen molar-refractivity contribution in [3.63, 3.8) is 0 Å². The lowest BCUT2D eigenvalue weighted by atomic mass is 9.66. The van der Waals surface area contributed by atoms with Crippen LogP contribution in [0.15, 0.2) is 73.1 Å². The predicted molar refractivity (Wildman–Crippen MR) is 156 cm³/mol. The van der Waals surface area contributed by atoms with E-state index < -0.39 is 0 Å². The Hall–Kier alpha value is -2.35. The average molecular weight is 487 g/mol. The zero-order valence-electron chi connectivity index (χ0n) is 23.3. The number of unbranched alkanes of at least 4 members (excludes halogenated alkanes) is 9. The highest BCUT2D eigenvalue weighted by atomic mass is 15.1. The molecule has 2 atom stereocenters. The number of rotatable bonds is 18. The van der Waals surface area contributed by atoms with Gasteiger partial charge in [-0.25, -0.2) is 4.98 Å². The van der Waals surface area contributed by atoms with Crippen molar-refractivity contribution in [1.29, 1.82) is 0 Å². The van der Waals surface area contributed by atoms with Crippen LogP contribution in [0.2, 0.25) is 0 Å². The molecule has 0 bridgehead atoms. The summed E-state index contributed by atoms with van der Waals surface area (Å²) in [5.74, 6) is 1.67. The van der Waals surface area contributed by atoms with Crippen molar-refractivity contribution < 1.29 is 0 Å². The van der Waals surface area contributed by atoms with Crippen LogP contribution in [0.3, 0.4) is 0 Å². The summed E-state index contributed by atoms with van der Waals surface area (Å²) >= 11 is 0. The zero-order valence-corrected chi connectivity index (χ0v) is 23.3. The predicted octanol–water partition coefficient (Wildman–Crippen LogP) is 9.89. The Bertz CT molecular complexity index is 946. The van der Waals surface area contributed by atoms with Crippen molar-refractivity contribution >= 4 is 0 Å². The van der Waals surface area contributed by atoms with Gasteiger partial charge in [0.1, 0.15) is 5.82 Å². The number of aryl methyl sites for hydroxylation is 1. The van der Waals surface area contributed by atoms with Gasteiger partial charge >= 0.3 is 0 Å². The van der Waals surface area contributed by atoms with Crippen LogP contribution in [0.4, 0.5) is 0 Å². The number of hydrogen-bond acceptors (Lipinski definition) is 1. The lowest BCUT2D eigenvalue weighted by molar-refractivity contribution is 0.321. The fourth-order valence-corrected chi connectivity index (χ4v) is 5.81. The highest BCUT2D eigenvalue weighted by molar-refractivity contribution is 5.33. The van der Waals surface area contributed by atoms with Gasteiger partial charge in [-0.15, -0.1) is 0 Å². The van der Waals surface area contributed by atoms with Crippen LogP contribution in [0, 0.1) is 0 Å². The van der Waals surface area contributed by atoms with Gasteiger partial charge in [-0.3, -0.25) is 0 Å². The molecule has 2 heteroatoms.